The van der Waals surface area contributed by atoms with E-state index in [-0.39, 0.29) is 0 Å². The molecule has 0 saturated carbocycles. The summed E-state index contributed by atoms with van der Waals surface area (Å²) in [6, 6.07) is 2.54. The van der Waals surface area contributed by atoms with Crippen molar-refractivity contribution in [3.8, 4) is 5.75 Å². The molecule has 1 nitrogen and oxygen atoms in total. The Morgan fingerprint density at radius 3 is 2.91 bits per heavy atom. The van der Waals surface area contributed by atoms with Crippen molar-refractivity contribution in [2.75, 3.05) is 6.61 Å². The van der Waals surface area contributed by atoms with Gasteiger partial charge in [-0.2, -0.15) is 0 Å². The summed E-state index contributed by atoms with van der Waals surface area (Å²) in [4.78, 5) is 0. The molecule has 2 rings (SSSR count). The summed E-state index contributed by atoms with van der Waals surface area (Å²) >= 11 is 0. The van der Waals surface area contributed by atoms with Crippen molar-refractivity contribution >= 4 is 0 Å². The van der Waals surface area contributed by atoms with Crippen molar-refractivity contribution in [3.05, 3.63) is 29.3 Å². The number of benzene rings is 1. The second kappa shape index (κ2) is 2.19. The number of halogens is 2. The van der Waals surface area contributed by atoms with Crippen LogP contribution in [0.15, 0.2) is 12.1 Å². The van der Waals surface area contributed by atoms with Crippen LogP contribution in [0, 0.1) is 11.6 Å². The fraction of sp³-hybridized carbons (Fsp3) is 0.250. The molecule has 0 atom stereocenters. The predicted molar refractivity (Wildman–Crippen MR) is 35.6 cm³/mol. The Morgan fingerprint density at radius 2 is 2.09 bits per heavy atom. The summed E-state index contributed by atoms with van der Waals surface area (Å²) in [6.07, 6.45) is 0.471. The van der Waals surface area contributed by atoms with E-state index in [4.69, 9.17) is 4.74 Å². The number of rotatable bonds is 0. The quantitative estimate of drug-likeness (QED) is 0.557. The summed E-state index contributed by atoms with van der Waals surface area (Å²) in [7, 11) is 0. The zero-order valence-corrected chi connectivity index (χ0v) is 5.73. The van der Waals surface area contributed by atoms with Gasteiger partial charge in [0.25, 0.3) is 0 Å². The molecule has 0 fully saturated rings. The van der Waals surface area contributed by atoms with Crippen molar-refractivity contribution in [1.29, 1.82) is 0 Å². The highest BCUT2D eigenvalue weighted by Gasteiger charge is 2.18. The van der Waals surface area contributed by atoms with Crippen LogP contribution in [0.25, 0.3) is 0 Å². The zero-order valence-electron chi connectivity index (χ0n) is 5.73. The molecule has 0 aromatic heterocycles. The normalized spacial score (nSPS) is 14.4. The van der Waals surface area contributed by atoms with E-state index in [9.17, 15) is 8.78 Å². The maximum Gasteiger partial charge on any atom is 0.165 e. The van der Waals surface area contributed by atoms with Crippen molar-refractivity contribution in [3.63, 3.8) is 0 Å². The van der Waals surface area contributed by atoms with Gasteiger partial charge < -0.3 is 4.74 Å². The maximum atomic E-state index is 12.8. The van der Waals surface area contributed by atoms with Crippen LogP contribution >= 0.6 is 0 Å². The molecule has 58 valence electrons. The minimum absolute atomic E-state index is 0.366. The molecule has 1 aliphatic heterocycles. The highest BCUT2D eigenvalue weighted by atomic mass is 19.2. The Hall–Kier alpha value is -1.12. The lowest BCUT2D eigenvalue weighted by molar-refractivity contribution is 0.356. The summed E-state index contributed by atoms with van der Waals surface area (Å²) < 4.78 is 30.4. The number of fused-ring (bicyclic) bond motifs is 1. The first-order valence-electron chi connectivity index (χ1n) is 3.39. The predicted octanol–water partition coefficient (Wildman–Crippen LogP) is 1.90. The fourth-order valence-corrected chi connectivity index (χ4v) is 1.21. The van der Waals surface area contributed by atoms with E-state index in [0.29, 0.717) is 24.3 Å². The Labute approximate surface area is 62.6 Å². The number of hydrogen-bond donors (Lipinski definition) is 0. The van der Waals surface area contributed by atoms with Crippen LogP contribution in [0.3, 0.4) is 0 Å². The number of ether oxygens (including phenoxy) is 1. The Morgan fingerprint density at radius 1 is 1.27 bits per heavy atom. The first kappa shape index (κ1) is 6.58. The third-order valence-electron chi connectivity index (χ3n) is 1.76. The molecule has 0 amide bonds. The molecule has 0 saturated heterocycles. The van der Waals surface area contributed by atoms with Crippen LogP contribution < -0.4 is 4.74 Å². The van der Waals surface area contributed by atoms with Crippen molar-refractivity contribution in [2.45, 2.75) is 6.42 Å². The zero-order chi connectivity index (χ0) is 7.84. The first-order valence-corrected chi connectivity index (χ1v) is 3.39. The van der Waals surface area contributed by atoms with Gasteiger partial charge in [0, 0.05) is 12.0 Å². The van der Waals surface area contributed by atoms with Crippen LogP contribution in [0.4, 0.5) is 8.78 Å². The Bertz CT molecular complexity index is 296. The maximum absolute atomic E-state index is 12.8. The number of hydrogen-bond acceptors (Lipinski definition) is 1. The minimum Gasteiger partial charge on any atom is -0.493 e. The van der Waals surface area contributed by atoms with Gasteiger partial charge in [0.15, 0.2) is 11.6 Å². The van der Waals surface area contributed by atoms with E-state index in [0.717, 1.165) is 6.07 Å². The summed E-state index contributed by atoms with van der Waals surface area (Å²) in [6.45, 7) is 0.454. The average Bonchev–Trinajstić information content (AvgIpc) is 2.45. The molecule has 0 bridgehead atoms. The van der Waals surface area contributed by atoms with Gasteiger partial charge in [-0.3, -0.25) is 0 Å². The van der Waals surface area contributed by atoms with E-state index >= 15 is 0 Å². The third-order valence-corrected chi connectivity index (χ3v) is 1.76. The Balaban J connectivity index is 2.62. The summed E-state index contributed by atoms with van der Waals surface area (Å²) in [5.41, 5.74) is 0.366. The van der Waals surface area contributed by atoms with Crippen LogP contribution in [0.1, 0.15) is 5.56 Å². The van der Waals surface area contributed by atoms with Crippen LogP contribution in [-0.2, 0) is 6.42 Å². The van der Waals surface area contributed by atoms with Crippen LogP contribution in [-0.4, -0.2) is 6.61 Å². The van der Waals surface area contributed by atoms with E-state index < -0.39 is 11.6 Å². The van der Waals surface area contributed by atoms with E-state index in [1.165, 1.54) is 6.07 Å². The highest BCUT2D eigenvalue weighted by Crippen LogP contribution is 2.28. The fourth-order valence-electron chi connectivity index (χ4n) is 1.21. The van der Waals surface area contributed by atoms with E-state index in [2.05, 4.69) is 0 Å². The average molecular weight is 156 g/mol. The first-order chi connectivity index (χ1) is 5.29. The van der Waals surface area contributed by atoms with Crippen molar-refractivity contribution in [1.82, 2.24) is 0 Å². The molecular weight excluding hydrogens is 150 g/mol. The molecule has 3 heteroatoms. The van der Waals surface area contributed by atoms with Gasteiger partial charge in [-0.1, -0.05) is 0 Å². The van der Waals surface area contributed by atoms with Gasteiger partial charge in [-0.05, 0) is 12.1 Å². The second-order valence-electron chi connectivity index (χ2n) is 2.44. The molecule has 0 spiro atoms. The molecule has 1 aromatic carbocycles. The molecule has 0 radical (unpaired) electrons. The minimum atomic E-state index is -0.797. The smallest absolute Gasteiger partial charge is 0.165 e. The monoisotopic (exact) mass is 156 g/mol. The summed E-state index contributed by atoms with van der Waals surface area (Å²) in [5.74, 6) is -1.09. The largest absolute Gasteiger partial charge is 0.493 e. The van der Waals surface area contributed by atoms with Gasteiger partial charge in [-0.25, -0.2) is 8.78 Å². The molecule has 1 aromatic rings. The van der Waals surface area contributed by atoms with Crippen LogP contribution in [0.5, 0.6) is 5.75 Å². The topological polar surface area (TPSA) is 9.23 Å². The molecule has 1 heterocycles. The van der Waals surface area contributed by atoms with Gasteiger partial charge in [0.1, 0.15) is 5.75 Å². The van der Waals surface area contributed by atoms with Gasteiger partial charge >= 0.3 is 0 Å². The van der Waals surface area contributed by atoms with Gasteiger partial charge in [0.05, 0.1) is 6.61 Å². The lowest BCUT2D eigenvalue weighted by Gasteiger charge is -1.98. The molecule has 0 N–H and O–H groups in total. The standard InChI is InChI=1S/C8H6F2O/c9-6-1-2-7-5(8(6)10)3-4-11-7/h1-2H,3-4H2. The van der Waals surface area contributed by atoms with E-state index in [1.807, 2.05) is 0 Å². The van der Waals surface area contributed by atoms with Gasteiger partial charge in [0.2, 0.25) is 0 Å². The molecular formula is C8H6F2O. The van der Waals surface area contributed by atoms with Gasteiger partial charge in [-0.15, -0.1) is 0 Å². The van der Waals surface area contributed by atoms with Crippen molar-refractivity contribution < 1.29 is 13.5 Å². The molecule has 11 heavy (non-hydrogen) atoms. The van der Waals surface area contributed by atoms with Crippen molar-refractivity contribution in [2.24, 2.45) is 0 Å². The molecule has 0 unspecified atom stereocenters. The lowest BCUT2D eigenvalue weighted by Crippen LogP contribution is -1.89. The van der Waals surface area contributed by atoms with E-state index in [1.54, 1.807) is 0 Å². The lowest BCUT2D eigenvalue weighted by atomic mass is 10.1. The summed E-state index contributed by atoms with van der Waals surface area (Å²) in [5, 5.41) is 0. The second-order valence-corrected chi connectivity index (χ2v) is 2.44. The third kappa shape index (κ3) is 0.878. The Kier molecular flexibility index (Phi) is 1.31. The molecule has 0 aliphatic carbocycles. The SMILES string of the molecule is Fc1ccc2c(c1F)CCO2. The highest BCUT2D eigenvalue weighted by molar-refractivity contribution is 5.37. The van der Waals surface area contributed by atoms with Crippen LogP contribution in [0.2, 0.25) is 0 Å². The molecule has 1 aliphatic rings.